The fourth-order valence-corrected chi connectivity index (χ4v) is 5.26. The van der Waals surface area contributed by atoms with Crippen LogP contribution in [-0.2, 0) is 6.54 Å². The summed E-state index contributed by atoms with van der Waals surface area (Å²) in [5.74, 6) is 1.13. The van der Waals surface area contributed by atoms with Gasteiger partial charge >= 0.3 is 5.76 Å². The van der Waals surface area contributed by atoms with E-state index in [0.717, 1.165) is 31.2 Å². The fourth-order valence-electron chi connectivity index (χ4n) is 5.26. The van der Waals surface area contributed by atoms with Crippen molar-refractivity contribution >= 4 is 28.6 Å². The van der Waals surface area contributed by atoms with Gasteiger partial charge in [-0.3, -0.25) is 4.57 Å². The Morgan fingerprint density at radius 3 is 2.65 bits per heavy atom. The second-order valence-electron chi connectivity index (χ2n) is 10.9. The number of hydrogen-bond donors (Lipinski definition) is 3. The zero-order valence-electron chi connectivity index (χ0n) is 20.1. The lowest BCUT2D eigenvalue weighted by Crippen LogP contribution is -2.60. The van der Waals surface area contributed by atoms with Gasteiger partial charge in [-0.05, 0) is 71.4 Å². The van der Waals surface area contributed by atoms with E-state index >= 15 is 0 Å². The standard InChI is InChI=1S/C25H31N7O2/c1-24(2)10-18(11-25(3,4)31-24)28-21-16(12-26)13-27-22(30-21)29-17-7-8-19-20(9-17)34-23(33)32(19)14-15-5-6-15/h7-9,13,15,18,31H,5-6,10-11,14H2,1-4H3,(H2,27,28,29,30). The van der Waals surface area contributed by atoms with Gasteiger partial charge in [-0.25, -0.2) is 9.78 Å². The van der Waals surface area contributed by atoms with Gasteiger partial charge < -0.3 is 20.4 Å². The molecule has 9 heteroatoms. The Hall–Kier alpha value is -3.38. The van der Waals surface area contributed by atoms with Gasteiger partial charge in [0.15, 0.2) is 5.58 Å². The third kappa shape index (κ3) is 4.77. The van der Waals surface area contributed by atoms with Gasteiger partial charge in [-0.15, -0.1) is 0 Å². The fraction of sp³-hybridized carbons (Fsp3) is 0.520. The van der Waals surface area contributed by atoms with Crippen LogP contribution >= 0.6 is 0 Å². The number of nitrogens with zero attached hydrogens (tertiary/aromatic N) is 4. The largest absolute Gasteiger partial charge is 0.419 e. The van der Waals surface area contributed by atoms with Gasteiger partial charge in [0.1, 0.15) is 17.5 Å². The molecule has 34 heavy (non-hydrogen) atoms. The summed E-state index contributed by atoms with van der Waals surface area (Å²) in [6, 6.07) is 7.90. The third-order valence-corrected chi connectivity index (χ3v) is 6.50. The predicted molar refractivity (Wildman–Crippen MR) is 131 cm³/mol. The minimum atomic E-state index is -0.326. The summed E-state index contributed by atoms with van der Waals surface area (Å²) in [4.78, 5) is 21.2. The molecular weight excluding hydrogens is 430 g/mol. The van der Waals surface area contributed by atoms with Crippen molar-refractivity contribution in [1.29, 1.82) is 5.26 Å². The second kappa shape index (κ2) is 8.13. The first-order valence-corrected chi connectivity index (χ1v) is 11.8. The van der Waals surface area contributed by atoms with Crippen LogP contribution < -0.4 is 21.7 Å². The molecule has 0 atom stereocenters. The van der Waals surface area contributed by atoms with E-state index in [0.29, 0.717) is 41.1 Å². The lowest BCUT2D eigenvalue weighted by atomic mass is 9.79. The first-order valence-electron chi connectivity index (χ1n) is 11.8. The number of nitriles is 1. The second-order valence-corrected chi connectivity index (χ2v) is 10.9. The molecule has 1 saturated heterocycles. The molecule has 9 nitrogen and oxygen atoms in total. The maximum absolute atomic E-state index is 12.3. The molecule has 0 bridgehead atoms. The van der Waals surface area contributed by atoms with E-state index in [2.05, 4.69) is 59.7 Å². The quantitative estimate of drug-likeness (QED) is 0.501. The summed E-state index contributed by atoms with van der Waals surface area (Å²) in [6.45, 7) is 9.46. The molecule has 2 aliphatic rings. The van der Waals surface area contributed by atoms with Crippen LogP contribution in [0.5, 0.6) is 0 Å². The summed E-state index contributed by atoms with van der Waals surface area (Å²) in [6.07, 6.45) is 5.66. The summed E-state index contributed by atoms with van der Waals surface area (Å²) < 4.78 is 7.18. The molecule has 5 rings (SSSR count). The van der Waals surface area contributed by atoms with Crippen LogP contribution in [0, 0.1) is 17.2 Å². The minimum absolute atomic E-state index is 0.0322. The first-order chi connectivity index (χ1) is 16.1. The van der Waals surface area contributed by atoms with Crippen LogP contribution in [-0.4, -0.2) is 31.7 Å². The maximum Gasteiger partial charge on any atom is 0.419 e. The van der Waals surface area contributed by atoms with E-state index in [4.69, 9.17) is 4.42 Å². The number of piperidine rings is 1. The molecule has 3 N–H and O–H groups in total. The topological polar surface area (TPSA) is 121 Å². The number of nitrogens with one attached hydrogen (secondary N) is 3. The Kier molecular flexibility index (Phi) is 5.36. The Morgan fingerprint density at radius 1 is 1.24 bits per heavy atom. The van der Waals surface area contributed by atoms with Crippen LogP contribution in [0.1, 0.15) is 58.9 Å². The van der Waals surface area contributed by atoms with Gasteiger partial charge in [0.25, 0.3) is 0 Å². The van der Waals surface area contributed by atoms with Crippen molar-refractivity contribution in [2.45, 2.75) is 77.0 Å². The zero-order chi connectivity index (χ0) is 24.1. The highest BCUT2D eigenvalue weighted by atomic mass is 16.4. The average Bonchev–Trinajstić information content (AvgIpc) is 3.49. The molecule has 3 heterocycles. The molecule has 1 aromatic carbocycles. The molecule has 1 aliphatic heterocycles. The molecule has 0 radical (unpaired) electrons. The Morgan fingerprint density at radius 2 is 1.97 bits per heavy atom. The maximum atomic E-state index is 12.3. The Labute approximate surface area is 198 Å². The summed E-state index contributed by atoms with van der Waals surface area (Å²) in [5.41, 5.74) is 2.37. The number of rotatable bonds is 6. The smallest absolute Gasteiger partial charge is 0.408 e. The molecule has 1 saturated carbocycles. The van der Waals surface area contributed by atoms with Crippen molar-refractivity contribution < 1.29 is 4.42 Å². The number of fused-ring (bicyclic) bond motifs is 1. The summed E-state index contributed by atoms with van der Waals surface area (Å²) >= 11 is 0. The Balaban J connectivity index is 1.37. The molecule has 0 amide bonds. The molecule has 3 aromatic rings. The molecule has 2 fully saturated rings. The predicted octanol–water partition coefficient (Wildman–Crippen LogP) is 4.13. The van der Waals surface area contributed by atoms with Gasteiger partial charge in [0, 0.05) is 35.4 Å². The van der Waals surface area contributed by atoms with E-state index in [9.17, 15) is 10.1 Å². The van der Waals surface area contributed by atoms with Crippen molar-refractivity contribution in [2.75, 3.05) is 10.6 Å². The molecule has 0 spiro atoms. The van der Waals surface area contributed by atoms with Crippen LogP contribution in [0.4, 0.5) is 17.5 Å². The van der Waals surface area contributed by atoms with Gasteiger partial charge in [0.05, 0.1) is 11.7 Å². The van der Waals surface area contributed by atoms with Crippen molar-refractivity contribution in [2.24, 2.45) is 5.92 Å². The molecular formula is C25H31N7O2. The van der Waals surface area contributed by atoms with E-state index in [1.54, 1.807) is 10.6 Å². The molecule has 178 valence electrons. The van der Waals surface area contributed by atoms with Crippen molar-refractivity contribution in [3.8, 4) is 6.07 Å². The highest BCUT2D eigenvalue weighted by molar-refractivity contribution is 5.78. The van der Waals surface area contributed by atoms with Crippen LogP contribution in [0.3, 0.4) is 0 Å². The van der Waals surface area contributed by atoms with E-state index < -0.39 is 0 Å². The van der Waals surface area contributed by atoms with Crippen LogP contribution in [0.25, 0.3) is 11.1 Å². The minimum Gasteiger partial charge on any atom is -0.408 e. The number of oxazole rings is 1. The number of hydrogen-bond acceptors (Lipinski definition) is 8. The highest BCUT2D eigenvalue weighted by Gasteiger charge is 2.38. The van der Waals surface area contributed by atoms with E-state index in [1.807, 2.05) is 12.1 Å². The van der Waals surface area contributed by atoms with Crippen molar-refractivity contribution in [3.05, 3.63) is 40.5 Å². The average molecular weight is 462 g/mol. The molecule has 0 unspecified atom stereocenters. The summed E-state index contributed by atoms with van der Waals surface area (Å²) in [5, 5.41) is 19.9. The lowest BCUT2D eigenvalue weighted by Gasteiger charge is -2.46. The number of anilines is 3. The molecule has 2 aromatic heterocycles. The van der Waals surface area contributed by atoms with E-state index in [1.165, 1.54) is 6.20 Å². The van der Waals surface area contributed by atoms with Crippen molar-refractivity contribution in [1.82, 2.24) is 19.9 Å². The van der Waals surface area contributed by atoms with Gasteiger partial charge in [0.2, 0.25) is 5.95 Å². The Bertz CT molecular complexity index is 1310. The SMILES string of the molecule is CC1(C)CC(Nc2nc(Nc3ccc4c(c3)oc(=O)n4CC3CC3)ncc2C#N)CC(C)(C)N1. The van der Waals surface area contributed by atoms with E-state index in [-0.39, 0.29) is 22.9 Å². The van der Waals surface area contributed by atoms with Crippen LogP contribution in [0.2, 0.25) is 0 Å². The van der Waals surface area contributed by atoms with Gasteiger partial charge in [-0.2, -0.15) is 10.2 Å². The zero-order valence-corrected chi connectivity index (χ0v) is 20.1. The summed E-state index contributed by atoms with van der Waals surface area (Å²) in [7, 11) is 0. The number of aromatic nitrogens is 3. The highest BCUT2D eigenvalue weighted by Crippen LogP contribution is 2.32. The van der Waals surface area contributed by atoms with Gasteiger partial charge in [-0.1, -0.05) is 0 Å². The first kappa shape index (κ1) is 22.4. The monoisotopic (exact) mass is 461 g/mol. The molecule has 1 aliphatic carbocycles. The normalized spacial score (nSPS) is 19.6. The number of benzene rings is 1. The third-order valence-electron chi connectivity index (χ3n) is 6.50. The van der Waals surface area contributed by atoms with Crippen LogP contribution in [0.15, 0.2) is 33.6 Å². The van der Waals surface area contributed by atoms with Crippen molar-refractivity contribution in [3.63, 3.8) is 0 Å². The lowest BCUT2D eigenvalue weighted by molar-refractivity contribution is 0.170.